The van der Waals surface area contributed by atoms with Gasteiger partial charge in [-0.05, 0) is 113 Å². The van der Waals surface area contributed by atoms with Gasteiger partial charge in [-0.2, -0.15) is 0 Å². The van der Waals surface area contributed by atoms with Crippen LogP contribution in [0.2, 0.25) is 0 Å². The second-order valence-corrected chi connectivity index (χ2v) is 11.4. The van der Waals surface area contributed by atoms with Crippen molar-refractivity contribution in [1.29, 1.82) is 0 Å². The van der Waals surface area contributed by atoms with E-state index in [1.807, 2.05) is 24.3 Å². The first-order valence-corrected chi connectivity index (χ1v) is 14.0. The lowest BCUT2D eigenvalue weighted by molar-refractivity contribution is 0.236. The number of hydrogen-bond acceptors (Lipinski definition) is 5. The van der Waals surface area contributed by atoms with E-state index in [1.54, 1.807) is 7.11 Å². The summed E-state index contributed by atoms with van der Waals surface area (Å²) in [6.07, 6.45) is 4.74. The molecule has 0 amide bonds. The van der Waals surface area contributed by atoms with Crippen molar-refractivity contribution >= 4 is 22.7 Å². The molecule has 0 saturated carbocycles. The minimum absolute atomic E-state index is 0.721. The van der Waals surface area contributed by atoms with Crippen LogP contribution in [0.15, 0.2) is 42.5 Å². The predicted molar refractivity (Wildman–Crippen MR) is 158 cm³/mol. The van der Waals surface area contributed by atoms with E-state index in [0.717, 1.165) is 80.3 Å². The van der Waals surface area contributed by atoms with Crippen molar-refractivity contribution in [3.63, 3.8) is 0 Å². The number of anilines is 2. The molecule has 0 aliphatic carbocycles. The number of aromatic nitrogens is 2. The maximum atomic E-state index is 5.32. The first kappa shape index (κ1) is 29.0. The van der Waals surface area contributed by atoms with Gasteiger partial charge in [0.05, 0.1) is 18.1 Å². The van der Waals surface area contributed by atoms with E-state index >= 15 is 0 Å². The number of fused-ring (bicyclic) bond motifs is 1. The largest absolute Gasteiger partial charge is 0.497 e. The molecule has 0 saturated heterocycles. The molecule has 0 fully saturated rings. The maximum Gasteiger partial charge on any atom is 0.208 e. The van der Waals surface area contributed by atoms with E-state index in [-0.39, 0.29) is 0 Å². The first-order valence-electron chi connectivity index (χ1n) is 14.0. The van der Waals surface area contributed by atoms with Gasteiger partial charge in [-0.25, -0.2) is 4.98 Å². The minimum Gasteiger partial charge on any atom is -0.497 e. The third-order valence-corrected chi connectivity index (χ3v) is 6.85. The van der Waals surface area contributed by atoms with Gasteiger partial charge in [0.2, 0.25) is 5.95 Å². The van der Waals surface area contributed by atoms with Gasteiger partial charge in [-0.1, -0.05) is 33.8 Å². The van der Waals surface area contributed by atoms with Crippen LogP contribution in [0.4, 0.5) is 11.6 Å². The molecule has 0 spiro atoms. The van der Waals surface area contributed by atoms with E-state index < -0.39 is 0 Å². The Bertz CT molecular complexity index is 1060. The Balaban J connectivity index is 1.86. The van der Waals surface area contributed by atoms with Crippen molar-refractivity contribution in [1.82, 2.24) is 19.4 Å². The number of ether oxygens (including phenoxy) is 1. The average Bonchev–Trinajstić information content (AvgIpc) is 3.19. The van der Waals surface area contributed by atoms with Gasteiger partial charge in [0.15, 0.2) is 0 Å². The highest BCUT2D eigenvalue weighted by atomic mass is 16.5. The summed E-state index contributed by atoms with van der Waals surface area (Å²) < 4.78 is 7.69. The predicted octanol–water partition coefficient (Wildman–Crippen LogP) is 7.02. The zero-order valence-electron chi connectivity index (χ0n) is 24.3. The molecule has 6 heteroatoms. The van der Waals surface area contributed by atoms with Gasteiger partial charge in [-0.15, -0.1) is 0 Å². The topological polar surface area (TPSA) is 45.6 Å². The van der Waals surface area contributed by atoms with Crippen molar-refractivity contribution in [2.45, 2.75) is 66.5 Å². The van der Waals surface area contributed by atoms with E-state index in [0.29, 0.717) is 0 Å². The van der Waals surface area contributed by atoms with E-state index in [4.69, 9.17) is 9.72 Å². The highest BCUT2D eigenvalue weighted by molar-refractivity contribution is 5.80. The minimum atomic E-state index is 0.721. The standard InChI is InChI=1S/C31H49N5O/c1-24(2)16-20-35(21-17-25(3)4)23-26-10-15-29-30(22-26)36(19-9-8-18-34(5)6)31(33-29)32-27-11-13-28(37-7)14-12-27/h10-15,22,24-25H,8-9,16-21,23H2,1-7H3,(H,32,33). The van der Waals surface area contributed by atoms with Crippen molar-refractivity contribution in [2.75, 3.05) is 46.2 Å². The molecule has 3 aromatic rings. The lowest BCUT2D eigenvalue weighted by Gasteiger charge is -2.24. The van der Waals surface area contributed by atoms with Gasteiger partial charge in [0.1, 0.15) is 5.75 Å². The Labute approximate surface area is 225 Å². The number of aryl methyl sites for hydroxylation is 1. The molecule has 1 aromatic heterocycles. The second-order valence-electron chi connectivity index (χ2n) is 11.4. The molecule has 37 heavy (non-hydrogen) atoms. The molecule has 1 N–H and O–H groups in total. The van der Waals surface area contributed by atoms with Gasteiger partial charge in [-0.3, -0.25) is 4.90 Å². The van der Waals surface area contributed by atoms with Crippen LogP contribution in [0.3, 0.4) is 0 Å². The normalized spacial score (nSPS) is 12.0. The zero-order valence-corrected chi connectivity index (χ0v) is 24.3. The number of methoxy groups -OCH3 is 1. The van der Waals surface area contributed by atoms with Gasteiger partial charge >= 0.3 is 0 Å². The summed E-state index contributed by atoms with van der Waals surface area (Å²) in [6.45, 7) is 14.6. The quantitative estimate of drug-likeness (QED) is 0.211. The molecule has 0 atom stereocenters. The monoisotopic (exact) mass is 507 g/mol. The molecular weight excluding hydrogens is 458 g/mol. The van der Waals surface area contributed by atoms with E-state index in [1.165, 1.54) is 23.9 Å². The molecule has 1 heterocycles. The Morgan fingerprint density at radius 1 is 0.892 bits per heavy atom. The van der Waals surface area contributed by atoms with Crippen molar-refractivity contribution in [2.24, 2.45) is 11.8 Å². The molecule has 3 rings (SSSR count). The van der Waals surface area contributed by atoms with Crippen LogP contribution in [0.1, 0.15) is 58.9 Å². The lowest BCUT2D eigenvalue weighted by atomic mass is 10.1. The Hall–Kier alpha value is -2.57. The summed E-state index contributed by atoms with van der Waals surface area (Å²) in [5, 5.41) is 3.56. The number of benzene rings is 2. The molecule has 6 nitrogen and oxygen atoms in total. The lowest BCUT2D eigenvalue weighted by Crippen LogP contribution is -2.27. The van der Waals surface area contributed by atoms with Gasteiger partial charge in [0, 0.05) is 18.8 Å². The molecule has 0 bridgehead atoms. The van der Waals surface area contributed by atoms with Gasteiger partial charge < -0.3 is 19.5 Å². The summed E-state index contributed by atoms with van der Waals surface area (Å²) in [7, 11) is 5.97. The summed E-state index contributed by atoms with van der Waals surface area (Å²) in [4.78, 5) is 9.89. The van der Waals surface area contributed by atoms with E-state index in [2.05, 4.69) is 79.7 Å². The molecule has 204 valence electrons. The summed E-state index contributed by atoms with van der Waals surface area (Å²) in [5.74, 6) is 3.20. The summed E-state index contributed by atoms with van der Waals surface area (Å²) in [6, 6.07) is 14.9. The third-order valence-electron chi connectivity index (χ3n) is 6.85. The number of nitrogens with zero attached hydrogens (tertiary/aromatic N) is 4. The fourth-order valence-electron chi connectivity index (χ4n) is 4.50. The molecule has 0 aliphatic heterocycles. The highest BCUT2D eigenvalue weighted by Gasteiger charge is 2.14. The van der Waals surface area contributed by atoms with Gasteiger partial charge in [0.25, 0.3) is 0 Å². The fraction of sp³-hybridized carbons (Fsp3) is 0.581. The highest BCUT2D eigenvalue weighted by Crippen LogP contribution is 2.26. The van der Waals surface area contributed by atoms with Crippen LogP contribution in [0.25, 0.3) is 11.0 Å². The average molecular weight is 508 g/mol. The molecular formula is C31H49N5O. The van der Waals surface area contributed by atoms with Crippen LogP contribution in [0.5, 0.6) is 5.75 Å². The maximum absolute atomic E-state index is 5.32. The van der Waals surface area contributed by atoms with Crippen molar-refractivity contribution in [3.8, 4) is 5.75 Å². The van der Waals surface area contributed by atoms with Crippen LogP contribution in [-0.4, -0.2) is 60.2 Å². The second kappa shape index (κ2) is 14.4. The Morgan fingerprint density at radius 2 is 1.57 bits per heavy atom. The van der Waals surface area contributed by atoms with Crippen LogP contribution in [0, 0.1) is 11.8 Å². The number of unbranched alkanes of at least 4 members (excludes halogenated alkanes) is 1. The van der Waals surface area contributed by atoms with Crippen LogP contribution >= 0.6 is 0 Å². The summed E-state index contributed by atoms with van der Waals surface area (Å²) in [5.41, 5.74) is 4.64. The SMILES string of the molecule is COc1ccc(Nc2nc3ccc(CN(CCC(C)C)CCC(C)C)cc3n2CCCCN(C)C)cc1. The summed E-state index contributed by atoms with van der Waals surface area (Å²) >= 11 is 0. The first-order chi connectivity index (χ1) is 17.7. The molecule has 0 unspecified atom stereocenters. The van der Waals surface area contributed by atoms with Crippen molar-refractivity contribution in [3.05, 3.63) is 48.0 Å². The Kier molecular flexibility index (Phi) is 11.3. The molecule has 0 aliphatic rings. The Morgan fingerprint density at radius 3 is 2.16 bits per heavy atom. The van der Waals surface area contributed by atoms with Crippen LogP contribution in [-0.2, 0) is 13.1 Å². The fourth-order valence-corrected chi connectivity index (χ4v) is 4.50. The van der Waals surface area contributed by atoms with E-state index in [9.17, 15) is 0 Å². The molecule has 0 radical (unpaired) electrons. The number of rotatable bonds is 16. The van der Waals surface area contributed by atoms with Crippen LogP contribution < -0.4 is 10.1 Å². The zero-order chi connectivity index (χ0) is 26.8. The van der Waals surface area contributed by atoms with Crippen molar-refractivity contribution < 1.29 is 4.74 Å². The number of hydrogen-bond donors (Lipinski definition) is 1. The third kappa shape index (κ3) is 9.35. The smallest absolute Gasteiger partial charge is 0.208 e. The molecule has 2 aromatic carbocycles. The number of imidazole rings is 1. The number of nitrogens with one attached hydrogen (secondary N) is 1.